The van der Waals surface area contributed by atoms with E-state index in [0.717, 1.165) is 10.5 Å². The summed E-state index contributed by atoms with van der Waals surface area (Å²) >= 11 is 0. The molecule has 4 fully saturated rings. The van der Waals surface area contributed by atoms with Gasteiger partial charge in [-0.3, -0.25) is 30.1 Å². The molecular formula is C21H26N8O5. The molecule has 8 N–H and O–H groups in total. The zero-order chi connectivity index (χ0) is 24.4. The SMILES string of the molecule is Cc1ccc(C(=O)NC2CN3C(=N)N[C@@H](CN4C(=O)CCC4=O)[C@@H]4NC(=N)N[C@@]43C2(O)O)cc1. The Morgan fingerprint density at radius 3 is 2.44 bits per heavy atom. The second-order valence-corrected chi connectivity index (χ2v) is 9.11. The van der Waals surface area contributed by atoms with E-state index in [9.17, 15) is 24.6 Å². The van der Waals surface area contributed by atoms with E-state index in [1.165, 1.54) is 4.90 Å². The summed E-state index contributed by atoms with van der Waals surface area (Å²) < 4.78 is 0. The van der Waals surface area contributed by atoms with Crippen LogP contribution in [0.3, 0.4) is 0 Å². The fourth-order valence-corrected chi connectivity index (χ4v) is 5.30. The highest BCUT2D eigenvalue weighted by atomic mass is 16.5. The minimum Gasteiger partial charge on any atom is -0.361 e. The first kappa shape index (κ1) is 22.1. The van der Waals surface area contributed by atoms with Gasteiger partial charge in [-0.2, -0.15) is 0 Å². The zero-order valence-corrected chi connectivity index (χ0v) is 18.4. The highest BCUT2D eigenvalue weighted by molar-refractivity contribution is 6.02. The molecule has 0 aliphatic carbocycles. The van der Waals surface area contributed by atoms with E-state index in [1.807, 2.05) is 6.92 Å². The first-order valence-corrected chi connectivity index (χ1v) is 11.0. The van der Waals surface area contributed by atoms with Crippen molar-refractivity contribution in [1.82, 2.24) is 31.1 Å². The Bertz CT molecular complexity index is 1090. The predicted octanol–water partition coefficient (Wildman–Crippen LogP) is -2.66. The fourth-order valence-electron chi connectivity index (χ4n) is 5.30. The Morgan fingerprint density at radius 2 is 1.79 bits per heavy atom. The maximum absolute atomic E-state index is 12.8. The van der Waals surface area contributed by atoms with Crippen molar-refractivity contribution >= 4 is 29.6 Å². The average molecular weight is 470 g/mol. The molecule has 34 heavy (non-hydrogen) atoms. The Balaban J connectivity index is 1.45. The van der Waals surface area contributed by atoms with Gasteiger partial charge in [0.15, 0.2) is 17.6 Å². The van der Waals surface area contributed by atoms with Gasteiger partial charge in [0.05, 0.1) is 18.6 Å². The lowest BCUT2D eigenvalue weighted by Gasteiger charge is -2.51. The second kappa shape index (κ2) is 7.40. The average Bonchev–Trinajstić information content (AvgIpc) is 3.37. The van der Waals surface area contributed by atoms with Gasteiger partial charge < -0.3 is 36.4 Å². The van der Waals surface area contributed by atoms with Gasteiger partial charge in [0, 0.05) is 24.9 Å². The predicted molar refractivity (Wildman–Crippen MR) is 117 cm³/mol. The van der Waals surface area contributed by atoms with Crippen LogP contribution in [-0.4, -0.2) is 92.3 Å². The lowest BCUT2D eigenvalue weighted by Crippen LogP contribution is -2.81. The number of imide groups is 1. The highest BCUT2D eigenvalue weighted by Gasteiger charge is 2.74. The minimum atomic E-state index is -2.63. The molecule has 0 aromatic heterocycles. The van der Waals surface area contributed by atoms with Crippen LogP contribution in [-0.2, 0) is 9.59 Å². The van der Waals surface area contributed by atoms with Gasteiger partial charge >= 0.3 is 0 Å². The number of carbonyl (C=O) groups is 3. The molecule has 0 saturated carbocycles. The standard InChI is InChI=1S/C21H26N8O5/c1-10-2-4-11(5-3-10)17(32)25-13-9-29-19(23)24-12(8-28-14(30)6-7-15(28)31)16-20(29,21(13,33)34)27-18(22)26-16/h2-5,12-13,16,33-34H,6-9H2,1H3,(H2,23,24)(H,25,32)(H3,22,26,27)/t12-,13?,16-,20-/m0/s1. The summed E-state index contributed by atoms with van der Waals surface area (Å²) in [5, 5.41) is 50.6. The van der Waals surface area contributed by atoms with Crippen LogP contribution in [0, 0.1) is 17.7 Å². The molecule has 4 aliphatic heterocycles. The van der Waals surface area contributed by atoms with Crippen LogP contribution < -0.4 is 21.3 Å². The highest BCUT2D eigenvalue weighted by Crippen LogP contribution is 2.43. The molecular weight excluding hydrogens is 444 g/mol. The smallest absolute Gasteiger partial charge is 0.251 e. The van der Waals surface area contributed by atoms with E-state index in [4.69, 9.17) is 10.8 Å². The van der Waals surface area contributed by atoms with Crippen LogP contribution in [0.5, 0.6) is 0 Å². The largest absolute Gasteiger partial charge is 0.361 e. The molecule has 1 aromatic carbocycles. The molecule has 1 unspecified atom stereocenters. The van der Waals surface area contributed by atoms with Crippen molar-refractivity contribution in [2.45, 2.75) is 49.3 Å². The molecule has 13 heteroatoms. The van der Waals surface area contributed by atoms with Gasteiger partial charge in [-0.25, -0.2) is 0 Å². The van der Waals surface area contributed by atoms with E-state index >= 15 is 0 Å². The van der Waals surface area contributed by atoms with Crippen molar-refractivity contribution in [3.05, 3.63) is 35.4 Å². The normalized spacial score (nSPS) is 31.6. The number of carbonyl (C=O) groups excluding carboxylic acids is 3. The number of hydrogen-bond donors (Lipinski definition) is 8. The number of aliphatic hydroxyl groups is 2. The molecule has 4 heterocycles. The molecule has 0 radical (unpaired) electrons. The lowest BCUT2D eigenvalue weighted by molar-refractivity contribution is -0.232. The number of likely N-dealkylation sites (tertiary alicyclic amines) is 1. The summed E-state index contributed by atoms with van der Waals surface area (Å²) in [4.78, 5) is 39.6. The third-order valence-electron chi connectivity index (χ3n) is 7.05. The fraction of sp³-hybridized carbons (Fsp3) is 0.476. The van der Waals surface area contributed by atoms with E-state index < -0.39 is 35.5 Å². The first-order chi connectivity index (χ1) is 16.0. The van der Waals surface area contributed by atoms with E-state index in [1.54, 1.807) is 24.3 Å². The molecule has 4 aliphatic rings. The van der Waals surface area contributed by atoms with Crippen molar-refractivity contribution in [1.29, 1.82) is 10.8 Å². The number of benzene rings is 1. The van der Waals surface area contributed by atoms with Crippen molar-refractivity contribution in [3.8, 4) is 0 Å². The van der Waals surface area contributed by atoms with Crippen molar-refractivity contribution in [3.63, 3.8) is 0 Å². The molecule has 180 valence electrons. The number of rotatable bonds is 4. The summed E-state index contributed by atoms with van der Waals surface area (Å²) in [5.41, 5.74) is -0.494. The number of nitrogens with one attached hydrogen (secondary N) is 6. The monoisotopic (exact) mass is 470 g/mol. The molecule has 0 bridgehead atoms. The molecule has 13 nitrogen and oxygen atoms in total. The van der Waals surface area contributed by atoms with Crippen molar-refractivity contribution in [2.24, 2.45) is 0 Å². The summed E-state index contributed by atoms with van der Waals surface area (Å²) in [6.45, 7) is 1.64. The molecule has 3 amide bonds. The van der Waals surface area contributed by atoms with Crippen molar-refractivity contribution in [2.75, 3.05) is 13.1 Å². The van der Waals surface area contributed by atoms with E-state index in [-0.39, 0.29) is 49.7 Å². The zero-order valence-electron chi connectivity index (χ0n) is 18.4. The summed E-state index contributed by atoms with van der Waals surface area (Å²) in [7, 11) is 0. The van der Waals surface area contributed by atoms with Crippen LogP contribution in [0.25, 0.3) is 0 Å². The van der Waals surface area contributed by atoms with Gasteiger partial charge in [-0.05, 0) is 19.1 Å². The van der Waals surface area contributed by atoms with E-state index in [2.05, 4.69) is 21.3 Å². The maximum atomic E-state index is 12.8. The quantitative estimate of drug-likeness (QED) is 0.171. The third-order valence-corrected chi connectivity index (χ3v) is 7.05. The summed E-state index contributed by atoms with van der Waals surface area (Å²) in [5.74, 6) is -4.23. The third kappa shape index (κ3) is 3.04. The molecule has 4 atom stereocenters. The molecule has 1 aromatic rings. The molecule has 4 saturated heterocycles. The second-order valence-electron chi connectivity index (χ2n) is 9.11. The Kier molecular flexibility index (Phi) is 4.81. The van der Waals surface area contributed by atoms with Crippen LogP contribution in [0.15, 0.2) is 24.3 Å². The number of hydrogen-bond acceptors (Lipinski definition) is 7. The topological polar surface area (TPSA) is 194 Å². The van der Waals surface area contributed by atoms with Gasteiger partial charge in [-0.1, -0.05) is 17.7 Å². The van der Waals surface area contributed by atoms with Gasteiger partial charge in [0.2, 0.25) is 17.6 Å². The minimum absolute atomic E-state index is 0.101. The van der Waals surface area contributed by atoms with E-state index in [0.29, 0.717) is 5.56 Å². The summed E-state index contributed by atoms with van der Waals surface area (Å²) in [6, 6.07) is 3.84. The Labute approximate surface area is 194 Å². The van der Waals surface area contributed by atoms with Gasteiger partial charge in [-0.15, -0.1) is 0 Å². The lowest BCUT2D eigenvalue weighted by atomic mass is 9.84. The maximum Gasteiger partial charge on any atom is 0.251 e. The first-order valence-electron chi connectivity index (χ1n) is 11.0. The number of amides is 3. The summed E-state index contributed by atoms with van der Waals surface area (Å²) in [6.07, 6.45) is 0.201. The van der Waals surface area contributed by atoms with Gasteiger partial charge in [0.25, 0.3) is 5.91 Å². The van der Waals surface area contributed by atoms with Crippen LogP contribution >= 0.6 is 0 Å². The molecule has 5 rings (SSSR count). The Morgan fingerprint density at radius 1 is 1.15 bits per heavy atom. The van der Waals surface area contributed by atoms with Crippen molar-refractivity contribution < 1.29 is 24.6 Å². The number of guanidine groups is 2. The van der Waals surface area contributed by atoms with Crippen LogP contribution in [0.1, 0.15) is 28.8 Å². The molecule has 1 spiro atoms. The van der Waals surface area contributed by atoms with Crippen LogP contribution in [0.2, 0.25) is 0 Å². The number of nitrogens with zero attached hydrogens (tertiary/aromatic N) is 2. The van der Waals surface area contributed by atoms with Gasteiger partial charge in [0.1, 0.15) is 6.04 Å². The Hall–Kier alpha value is -3.71. The van der Waals surface area contributed by atoms with Crippen LogP contribution in [0.4, 0.5) is 0 Å². The number of aryl methyl sites for hydroxylation is 1.